The summed E-state index contributed by atoms with van der Waals surface area (Å²) in [7, 11) is 0. The van der Waals surface area contributed by atoms with Gasteiger partial charge in [-0.2, -0.15) is 0 Å². The standard InChI is InChI=1S/C27H35NO3/c1-5-6-17-28-23-19-27(30,21-15-11-8-12-16-21)18-22(20-13-9-7-10-14-20)24(23)25(29)31-26(2,3)4/h7-16,22,28,30H,5-6,17-19H2,1-4H3/t22-,27+/m1/s1. The summed E-state index contributed by atoms with van der Waals surface area (Å²) in [6.07, 6.45) is 2.82. The summed E-state index contributed by atoms with van der Waals surface area (Å²) in [6.45, 7) is 8.55. The predicted molar refractivity (Wildman–Crippen MR) is 125 cm³/mol. The number of ether oxygens (including phenoxy) is 1. The highest BCUT2D eigenvalue weighted by atomic mass is 16.6. The van der Waals surface area contributed by atoms with Crippen molar-refractivity contribution in [2.75, 3.05) is 6.54 Å². The molecule has 0 saturated carbocycles. The molecule has 2 aromatic rings. The topological polar surface area (TPSA) is 58.6 Å². The van der Waals surface area contributed by atoms with Gasteiger partial charge in [-0.15, -0.1) is 0 Å². The maximum atomic E-state index is 13.4. The summed E-state index contributed by atoms with van der Waals surface area (Å²) < 4.78 is 5.82. The number of rotatable bonds is 7. The van der Waals surface area contributed by atoms with Crippen LogP contribution in [0.4, 0.5) is 0 Å². The van der Waals surface area contributed by atoms with Crippen LogP contribution in [0.2, 0.25) is 0 Å². The number of esters is 1. The lowest BCUT2D eigenvalue weighted by molar-refractivity contribution is -0.150. The van der Waals surface area contributed by atoms with Crippen LogP contribution in [0.25, 0.3) is 0 Å². The van der Waals surface area contributed by atoms with Crippen molar-refractivity contribution in [3.05, 3.63) is 83.1 Å². The number of nitrogens with one attached hydrogen (secondary N) is 1. The Morgan fingerprint density at radius 2 is 1.71 bits per heavy atom. The maximum absolute atomic E-state index is 13.4. The Hall–Kier alpha value is -2.59. The molecule has 31 heavy (non-hydrogen) atoms. The average molecular weight is 422 g/mol. The van der Waals surface area contributed by atoms with E-state index in [-0.39, 0.29) is 11.9 Å². The fraction of sp³-hybridized carbons (Fsp3) is 0.444. The summed E-state index contributed by atoms with van der Waals surface area (Å²) in [6, 6.07) is 19.7. The summed E-state index contributed by atoms with van der Waals surface area (Å²) in [4.78, 5) is 13.4. The van der Waals surface area contributed by atoms with Crippen molar-refractivity contribution in [3.8, 4) is 0 Å². The third kappa shape index (κ3) is 5.76. The van der Waals surface area contributed by atoms with E-state index >= 15 is 0 Å². The zero-order valence-electron chi connectivity index (χ0n) is 19.2. The minimum absolute atomic E-state index is 0.265. The van der Waals surface area contributed by atoms with E-state index in [9.17, 15) is 9.90 Å². The van der Waals surface area contributed by atoms with Gasteiger partial charge in [0.1, 0.15) is 5.60 Å². The van der Waals surface area contributed by atoms with Crippen molar-refractivity contribution < 1.29 is 14.6 Å². The minimum Gasteiger partial charge on any atom is -0.457 e. The molecule has 2 atom stereocenters. The van der Waals surface area contributed by atoms with Gasteiger partial charge in [0, 0.05) is 24.6 Å². The second-order valence-electron chi connectivity index (χ2n) is 9.42. The van der Waals surface area contributed by atoms with Crippen LogP contribution in [0.3, 0.4) is 0 Å². The monoisotopic (exact) mass is 421 g/mol. The lowest BCUT2D eigenvalue weighted by Gasteiger charge is -2.40. The maximum Gasteiger partial charge on any atom is 0.336 e. The van der Waals surface area contributed by atoms with Gasteiger partial charge in [0.2, 0.25) is 0 Å². The zero-order valence-corrected chi connectivity index (χ0v) is 19.2. The van der Waals surface area contributed by atoms with Crippen molar-refractivity contribution in [1.29, 1.82) is 0 Å². The van der Waals surface area contributed by atoms with Gasteiger partial charge in [0.25, 0.3) is 0 Å². The van der Waals surface area contributed by atoms with Crippen LogP contribution in [0.1, 0.15) is 70.4 Å². The highest BCUT2D eigenvalue weighted by molar-refractivity contribution is 5.92. The third-order valence-corrected chi connectivity index (χ3v) is 5.69. The number of hydrogen-bond donors (Lipinski definition) is 2. The molecule has 3 rings (SSSR count). The Morgan fingerprint density at radius 1 is 1.10 bits per heavy atom. The molecule has 1 aliphatic carbocycles. The average Bonchev–Trinajstić information content (AvgIpc) is 2.73. The van der Waals surface area contributed by atoms with Crippen LogP contribution in [0.15, 0.2) is 71.9 Å². The molecule has 2 N–H and O–H groups in total. The number of hydrogen-bond acceptors (Lipinski definition) is 4. The summed E-state index contributed by atoms with van der Waals surface area (Å²) in [5.74, 6) is -0.574. The molecule has 0 bridgehead atoms. The lowest BCUT2D eigenvalue weighted by Crippen LogP contribution is -2.40. The number of unbranched alkanes of at least 4 members (excludes halogenated alkanes) is 1. The van der Waals surface area contributed by atoms with E-state index in [1.54, 1.807) is 0 Å². The SMILES string of the molecule is CCCCNC1=C(C(=O)OC(C)(C)C)[C@@H](c2ccccc2)C[C@@](O)(c2ccccc2)C1. The fourth-order valence-electron chi connectivity index (χ4n) is 4.22. The van der Waals surface area contributed by atoms with Crippen molar-refractivity contribution in [3.63, 3.8) is 0 Å². The fourth-order valence-corrected chi connectivity index (χ4v) is 4.22. The normalized spacial score (nSPS) is 21.6. The Labute approximate surface area is 186 Å². The van der Waals surface area contributed by atoms with E-state index in [0.29, 0.717) is 18.4 Å². The molecule has 4 nitrogen and oxygen atoms in total. The second kappa shape index (κ2) is 9.69. The third-order valence-electron chi connectivity index (χ3n) is 5.69. The number of benzene rings is 2. The molecule has 0 unspecified atom stereocenters. The van der Waals surface area contributed by atoms with Crippen LogP contribution >= 0.6 is 0 Å². The molecular formula is C27H35NO3. The summed E-state index contributed by atoms with van der Waals surface area (Å²) in [5, 5.41) is 15.3. The first-order chi connectivity index (χ1) is 14.7. The zero-order chi connectivity index (χ0) is 22.5. The Morgan fingerprint density at radius 3 is 2.29 bits per heavy atom. The number of carbonyl (C=O) groups excluding carboxylic acids is 1. The molecule has 0 radical (unpaired) electrons. The highest BCUT2D eigenvalue weighted by Gasteiger charge is 2.44. The van der Waals surface area contributed by atoms with E-state index < -0.39 is 11.2 Å². The van der Waals surface area contributed by atoms with E-state index in [2.05, 4.69) is 12.2 Å². The highest BCUT2D eigenvalue weighted by Crippen LogP contribution is 2.47. The van der Waals surface area contributed by atoms with Gasteiger partial charge in [-0.1, -0.05) is 74.0 Å². The molecule has 2 aromatic carbocycles. The quantitative estimate of drug-likeness (QED) is 0.462. The lowest BCUT2D eigenvalue weighted by atomic mass is 9.70. The van der Waals surface area contributed by atoms with Gasteiger partial charge in [-0.05, 0) is 44.7 Å². The van der Waals surface area contributed by atoms with Crippen molar-refractivity contribution in [2.45, 2.75) is 70.5 Å². The number of carbonyl (C=O) groups is 1. The largest absolute Gasteiger partial charge is 0.457 e. The van der Waals surface area contributed by atoms with Crippen molar-refractivity contribution in [2.24, 2.45) is 0 Å². The van der Waals surface area contributed by atoms with Crippen molar-refractivity contribution in [1.82, 2.24) is 5.32 Å². The minimum atomic E-state index is -1.07. The van der Waals surface area contributed by atoms with E-state index in [1.165, 1.54) is 0 Å². The van der Waals surface area contributed by atoms with Gasteiger partial charge in [0.05, 0.1) is 11.2 Å². The molecule has 4 heteroatoms. The van der Waals surface area contributed by atoms with Gasteiger partial charge in [-0.3, -0.25) is 0 Å². The van der Waals surface area contributed by atoms with E-state index in [1.807, 2.05) is 81.4 Å². The predicted octanol–water partition coefficient (Wildman–Crippen LogP) is 5.44. The van der Waals surface area contributed by atoms with Crippen LogP contribution in [0.5, 0.6) is 0 Å². The molecule has 0 fully saturated rings. The van der Waals surface area contributed by atoms with E-state index in [4.69, 9.17) is 4.74 Å². The molecule has 0 heterocycles. The molecule has 0 aliphatic heterocycles. The summed E-state index contributed by atoms with van der Waals surface area (Å²) in [5.41, 5.74) is 1.64. The Kier molecular flexibility index (Phi) is 7.22. The van der Waals surface area contributed by atoms with Crippen molar-refractivity contribution >= 4 is 5.97 Å². The van der Waals surface area contributed by atoms with Crippen LogP contribution in [-0.2, 0) is 15.1 Å². The molecule has 0 amide bonds. The van der Waals surface area contributed by atoms with Gasteiger partial charge in [0.15, 0.2) is 0 Å². The molecule has 0 aromatic heterocycles. The van der Waals surface area contributed by atoms with Gasteiger partial charge < -0.3 is 15.2 Å². The number of aliphatic hydroxyl groups is 1. The van der Waals surface area contributed by atoms with Gasteiger partial charge in [-0.25, -0.2) is 4.79 Å². The first-order valence-corrected chi connectivity index (χ1v) is 11.3. The smallest absolute Gasteiger partial charge is 0.336 e. The molecule has 0 saturated heterocycles. The molecule has 1 aliphatic rings. The first-order valence-electron chi connectivity index (χ1n) is 11.3. The summed E-state index contributed by atoms with van der Waals surface area (Å²) >= 11 is 0. The van der Waals surface area contributed by atoms with Crippen LogP contribution < -0.4 is 5.32 Å². The van der Waals surface area contributed by atoms with Crippen LogP contribution in [0, 0.1) is 0 Å². The Balaban J connectivity index is 2.11. The molecule has 166 valence electrons. The second-order valence-corrected chi connectivity index (χ2v) is 9.42. The molecule has 0 spiro atoms. The Bertz CT molecular complexity index is 899. The molecular weight excluding hydrogens is 386 g/mol. The van der Waals surface area contributed by atoms with E-state index in [0.717, 1.165) is 36.2 Å². The first kappa shape index (κ1) is 23.1. The van der Waals surface area contributed by atoms with Gasteiger partial charge >= 0.3 is 5.97 Å². The van der Waals surface area contributed by atoms with Crippen LogP contribution in [-0.4, -0.2) is 23.2 Å².